The predicted molar refractivity (Wildman–Crippen MR) is 92.0 cm³/mol. The average molecular weight is 375 g/mol. The second kappa shape index (κ2) is 7.91. The SMILES string of the molecule is COC(=O)c1cc(C(=O)Nc2cc([N+](=O)[O-])ccc2OC)cc([N+](=O)[O-])c1. The standard InChI is InChI=1S/C16H13N3O8/c1-26-14-4-3-11(18(22)23)8-13(14)17-15(20)9-5-10(16(21)27-2)7-12(6-9)19(24)25/h3-8H,1-2H3,(H,17,20). The van der Waals surface area contributed by atoms with Crippen LogP contribution in [0, 0.1) is 20.2 Å². The van der Waals surface area contributed by atoms with Crippen molar-refractivity contribution in [1.82, 2.24) is 0 Å². The van der Waals surface area contributed by atoms with Crippen molar-refractivity contribution in [3.63, 3.8) is 0 Å². The molecular weight excluding hydrogens is 362 g/mol. The topological polar surface area (TPSA) is 151 Å². The largest absolute Gasteiger partial charge is 0.495 e. The lowest BCUT2D eigenvalue weighted by molar-refractivity contribution is -0.385. The maximum atomic E-state index is 12.5. The Hall–Kier alpha value is -4.02. The number of methoxy groups -OCH3 is 2. The van der Waals surface area contributed by atoms with Gasteiger partial charge in [-0.2, -0.15) is 0 Å². The Kier molecular flexibility index (Phi) is 5.65. The van der Waals surface area contributed by atoms with Gasteiger partial charge in [-0.25, -0.2) is 4.79 Å². The van der Waals surface area contributed by atoms with Crippen molar-refractivity contribution in [2.24, 2.45) is 0 Å². The number of carbonyl (C=O) groups is 2. The molecule has 0 saturated carbocycles. The second-order valence-electron chi connectivity index (χ2n) is 5.11. The zero-order valence-electron chi connectivity index (χ0n) is 14.1. The summed E-state index contributed by atoms with van der Waals surface area (Å²) >= 11 is 0. The molecule has 0 aromatic heterocycles. The van der Waals surface area contributed by atoms with E-state index in [1.165, 1.54) is 19.2 Å². The monoisotopic (exact) mass is 375 g/mol. The minimum absolute atomic E-state index is 0.0113. The number of esters is 1. The number of nitrogens with zero attached hydrogens (tertiary/aromatic N) is 2. The second-order valence-corrected chi connectivity index (χ2v) is 5.11. The summed E-state index contributed by atoms with van der Waals surface area (Å²) in [5.74, 6) is -1.55. The number of hydrogen-bond acceptors (Lipinski definition) is 8. The molecule has 0 heterocycles. The van der Waals surface area contributed by atoms with Gasteiger partial charge in [0.1, 0.15) is 5.75 Å². The van der Waals surface area contributed by atoms with Gasteiger partial charge in [0.2, 0.25) is 0 Å². The predicted octanol–water partition coefficient (Wildman–Crippen LogP) is 2.55. The molecule has 1 amide bonds. The highest BCUT2D eigenvalue weighted by Gasteiger charge is 2.20. The minimum atomic E-state index is -0.860. The van der Waals surface area contributed by atoms with Crippen LogP contribution in [-0.2, 0) is 4.74 Å². The third-order valence-corrected chi connectivity index (χ3v) is 3.45. The fourth-order valence-electron chi connectivity index (χ4n) is 2.19. The summed E-state index contributed by atoms with van der Waals surface area (Å²) in [7, 11) is 2.40. The zero-order valence-corrected chi connectivity index (χ0v) is 14.1. The molecule has 2 aromatic carbocycles. The molecule has 2 aromatic rings. The lowest BCUT2D eigenvalue weighted by Gasteiger charge is -2.10. The summed E-state index contributed by atoms with van der Waals surface area (Å²) in [5.41, 5.74) is -1.20. The van der Waals surface area contributed by atoms with Crippen molar-refractivity contribution in [1.29, 1.82) is 0 Å². The molecule has 0 unspecified atom stereocenters. The summed E-state index contributed by atoms with van der Waals surface area (Å²) in [6.07, 6.45) is 0. The van der Waals surface area contributed by atoms with E-state index in [1.54, 1.807) is 0 Å². The molecule has 0 spiro atoms. The van der Waals surface area contributed by atoms with E-state index < -0.39 is 27.4 Å². The van der Waals surface area contributed by atoms with Gasteiger partial charge in [0.25, 0.3) is 17.3 Å². The van der Waals surface area contributed by atoms with E-state index in [1.807, 2.05) is 0 Å². The van der Waals surface area contributed by atoms with Gasteiger partial charge < -0.3 is 14.8 Å². The summed E-state index contributed by atoms with van der Waals surface area (Å²) < 4.78 is 9.55. The Bertz CT molecular complexity index is 941. The summed E-state index contributed by atoms with van der Waals surface area (Å²) in [6.45, 7) is 0. The number of ether oxygens (including phenoxy) is 2. The van der Waals surface area contributed by atoms with E-state index in [0.29, 0.717) is 0 Å². The third-order valence-electron chi connectivity index (χ3n) is 3.45. The first-order chi connectivity index (χ1) is 12.8. The minimum Gasteiger partial charge on any atom is -0.495 e. The van der Waals surface area contributed by atoms with Gasteiger partial charge >= 0.3 is 5.97 Å². The maximum Gasteiger partial charge on any atom is 0.338 e. The van der Waals surface area contributed by atoms with Crippen LogP contribution in [0.5, 0.6) is 5.75 Å². The van der Waals surface area contributed by atoms with Gasteiger partial charge in [-0.3, -0.25) is 25.0 Å². The molecule has 2 rings (SSSR count). The number of rotatable bonds is 6. The van der Waals surface area contributed by atoms with Gasteiger partial charge in [-0.1, -0.05) is 0 Å². The molecule has 0 fully saturated rings. The van der Waals surface area contributed by atoms with Crippen molar-refractivity contribution >= 4 is 28.9 Å². The normalized spacial score (nSPS) is 10.0. The fourth-order valence-corrected chi connectivity index (χ4v) is 2.19. The molecule has 11 heteroatoms. The molecule has 0 bridgehead atoms. The van der Waals surface area contributed by atoms with Crippen LogP contribution in [-0.4, -0.2) is 35.9 Å². The number of non-ortho nitro benzene ring substituents is 2. The molecule has 27 heavy (non-hydrogen) atoms. The van der Waals surface area contributed by atoms with Crippen LogP contribution < -0.4 is 10.1 Å². The first kappa shape index (κ1) is 19.3. The molecule has 0 atom stereocenters. The van der Waals surface area contributed by atoms with Crippen molar-refractivity contribution in [3.8, 4) is 5.75 Å². The number of nitrogens with one attached hydrogen (secondary N) is 1. The van der Waals surface area contributed by atoms with E-state index in [2.05, 4.69) is 10.1 Å². The molecular formula is C16H13N3O8. The van der Waals surface area contributed by atoms with E-state index in [9.17, 15) is 29.8 Å². The molecule has 0 aliphatic carbocycles. The van der Waals surface area contributed by atoms with Crippen molar-refractivity contribution < 1.29 is 28.9 Å². The van der Waals surface area contributed by atoms with Crippen LogP contribution in [0.2, 0.25) is 0 Å². The number of anilines is 1. The summed E-state index contributed by atoms with van der Waals surface area (Å²) in [4.78, 5) is 44.7. The van der Waals surface area contributed by atoms with Crippen LogP contribution in [0.25, 0.3) is 0 Å². The van der Waals surface area contributed by atoms with E-state index >= 15 is 0 Å². The molecule has 0 saturated heterocycles. The highest BCUT2D eigenvalue weighted by Crippen LogP contribution is 2.29. The number of nitro benzene ring substituents is 2. The Balaban J connectivity index is 2.45. The molecule has 0 radical (unpaired) electrons. The Morgan fingerprint density at radius 3 is 2.11 bits per heavy atom. The van der Waals surface area contributed by atoms with Gasteiger partial charge in [-0.15, -0.1) is 0 Å². The lowest BCUT2D eigenvalue weighted by Crippen LogP contribution is -2.14. The smallest absolute Gasteiger partial charge is 0.338 e. The van der Waals surface area contributed by atoms with Crippen molar-refractivity contribution in [2.45, 2.75) is 0 Å². The van der Waals surface area contributed by atoms with E-state index in [-0.39, 0.29) is 28.3 Å². The van der Waals surface area contributed by atoms with Crippen LogP contribution in [0.15, 0.2) is 36.4 Å². The summed E-state index contributed by atoms with van der Waals surface area (Å²) in [5, 5.41) is 24.3. The molecule has 1 N–H and O–H groups in total. The first-order valence-corrected chi connectivity index (χ1v) is 7.28. The van der Waals surface area contributed by atoms with Gasteiger partial charge in [0, 0.05) is 29.8 Å². The molecule has 0 aliphatic heterocycles. The number of hydrogen-bond donors (Lipinski definition) is 1. The number of nitro groups is 2. The highest BCUT2D eigenvalue weighted by molar-refractivity contribution is 6.07. The Morgan fingerprint density at radius 1 is 0.926 bits per heavy atom. The van der Waals surface area contributed by atoms with Crippen LogP contribution >= 0.6 is 0 Å². The average Bonchev–Trinajstić information content (AvgIpc) is 2.66. The van der Waals surface area contributed by atoms with Crippen molar-refractivity contribution in [2.75, 3.05) is 19.5 Å². The van der Waals surface area contributed by atoms with Gasteiger partial charge in [0.15, 0.2) is 0 Å². The Labute approximate surface area is 151 Å². The lowest BCUT2D eigenvalue weighted by atomic mass is 10.1. The number of amides is 1. The third kappa shape index (κ3) is 4.34. The number of carbonyl (C=O) groups excluding carboxylic acids is 2. The quantitative estimate of drug-likeness (QED) is 0.459. The van der Waals surface area contributed by atoms with Crippen LogP contribution in [0.1, 0.15) is 20.7 Å². The van der Waals surface area contributed by atoms with Crippen LogP contribution in [0.3, 0.4) is 0 Å². The van der Waals surface area contributed by atoms with E-state index in [4.69, 9.17) is 4.74 Å². The Morgan fingerprint density at radius 2 is 1.56 bits per heavy atom. The molecule has 11 nitrogen and oxygen atoms in total. The summed E-state index contributed by atoms with van der Waals surface area (Å²) in [6, 6.07) is 6.60. The maximum absolute atomic E-state index is 12.5. The zero-order chi connectivity index (χ0) is 20.1. The van der Waals surface area contributed by atoms with E-state index in [0.717, 1.165) is 31.4 Å². The van der Waals surface area contributed by atoms with Crippen molar-refractivity contribution in [3.05, 3.63) is 67.8 Å². The number of benzene rings is 2. The van der Waals surface area contributed by atoms with Crippen LogP contribution in [0.4, 0.5) is 17.1 Å². The molecule has 140 valence electrons. The fraction of sp³-hybridized carbons (Fsp3) is 0.125. The first-order valence-electron chi connectivity index (χ1n) is 7.28. The molecule has 0 aliphatic rings. The van der Waals surface area contributed by atoms with Gasteiger partial charge in [-0.05, 0) is 12.1 Å². The highest BCUT2D eigenvalue weighted by atomic mass is 16.6. The van der Waals surface area contributed by atoms with Gasteiger partial charge in [0.05, 0.1) is 35.3 Å².